The van der Waals surface area contributed by atoms with Crippen LogP contribution < -0.4 is 10.6 Å². The summed E-state index contributed by atoms with van der Waals surface area (Å²) in [7, 11) is 0. The second-order valence-electron chi connectivity index (χ2n) is 7.37. The number of nitrogens with zero attached hydrogens (tertiary/aromatic N) is 3. The normalized spacial score (nSPS) is 17.0. The summed E-state index contributed by atoms with van der Waals surface area (Å²) in [6.45, 7) is 0. The zero-order chi connectivity index (χ0) is 19.1. The number of nitro groups is 1. The quantitative estimate of drug-likeness (QED) is 0.321. The van der Waals surface area contributed by atoms with Crippen molar-refractivity contribution in [2.24, 2.45) is 10.2 Å². The van der Waals surface area contributed by atoms with E-state index < -0.39 is 4.92 Å². The van der Waals surface area contributed by atoms with Gasteiger partial charge in [0.2, 0.25) is 0 Å². The Morgan fingerprint density at radius 3 is 2.32 bits per heavy atom. The molecule has 0 unspecified atom stereocenters. The fourth-order valence-corrected chi connectivity index (χ4v) is 4.21. The van der Waals surface area contributed by atoms with Gasteiger partial charge in [0.15, 0.2) is 0 Å². The lowest BCUT2D eigenvalue weighted by Crippen LogP contribution is -2.45. The summed E-state index contributed by atoms with van der Waals surface area (Å²) in [5, 5.41) is 29.0. The van der Waals surface area contributed by atoms with Crippen LogP contribution in [0.2, 0.25) is 0 Å². The molecule has 0 saturated heterocycles. The number of hydrogen-bond donors (Lipinski definition) is 2. The number of benzene rings is 3. The number of nitro benzene ring substituents is 1. The second-order valence-corrected chi connectivity index (χ2v) is 7.37. The Balaban J connectivity index is 1.51. The van der Waals surface area contributed by atoms with Crippen molar-refractivity contribution < 1.29 is 4.92 Å². The summed E-state index contributed by atoms with van der Waals surface area (Å²) in [5.74, 6) is 0. The van der Waals surface area contributed by atoms with Crippen LogP contribution in [0.1, 0.15) is 25.7 Å². The molecule has 1 fully saturated rings. The van der Waals surface area contributed by atoms with Crippen LogP contribution in [0, 0.1) is 10.1 Å². The van der Waals surface area contributed by atoms with Crippen LogP contribution in [0.15, 0.2) is 64.8 Å². The second kappa shape index (κ2) is 6.30. The SMILES string of the molecule is O=[N+]([O-])c1ccc(/N=N/c2ccc3c4c(cccc24)NC2(CCCC2)N3)cc1. The maximum Gasteiger partial charge on any atom is 0.269 e. The number of azo groups is 1. The van der Waals surface area contributed by atoms with Crippen molar-refractivity contribution in [2.75, 3.05) is 10.6 Å². The maximum absolute atomic E-state index is 10.8. The van der Waals surface area contributed by atoms with Gasteiger partial charge in [-0.3, -0.25) is 10.1 Å². The molecule has 1 heterocycles. The fourth-order valence-electron chi connectivity index (χ4n) is 4.21. The Hall–Kier alpha value is -3.48. The first-order chi connectivity index (χ1) is 13.6. The zero-order valence-corrected chi connectivity index (χ0v) is 15.2. The summed E-state index contributed by atoms with van der Waals surface area (Å²) in [4.78, 5) is 10.3. The first-order valence-electron chi connectivity index (χ1n) is 9.42. The standard InChI is InChI=1S/C21H19N5O2/c27-26(28)15-8-6-14(7-9-15)24-25-17-10-11-19-20-16(17)4-3-5-18(20)22-21(23-19)12-1-2-13-21/h3-11,22-23H,1-2,12-13H2/b25-24+. The van der Waals surface area contributed by atoms with Gasteiger partial charge in [0.1, 0.15) is 5.66 Å². The van der Waals surface area contributed by atoms with Crippen molar-refractivity contribution in [1.82, 2.24) is 0 Å². The molecule has 0 bridgehead atoms. The van der Waals surface area contributed by atoms with Crippen LogP contribution in [0.25, 0.3) is 10.8 Å². The van der Waals surface area contributed by atoms with Crippen molar-refractivity contribution in [3.05, 3.63) is 64.7 Å². The number of anilines is 2. The highest BCUT2D eigenvalue weighted by Gasteiger charge is 2.37. The minimum absolute atomic E-state index is 0.0386. The lowest BCUT2D eigenvalue weighted by Gasteiger charge is -2.38. The van der Waals surface area contributed by atoms with E-state index in [1.165, 1.54) is 25.0 Å². The number of nitrogens with one attached hydrogen (secondary N) is 2. The van der Waals surface area contributed by atoms with E-state index in [4.69, 9.17) is 0 Å². The van der Waals surface area contributed by atoms with Crippen molar-refractivity contribution in [3.8, 4) is 0 Å². The van der Waals surface area contributed by atoms with E-state index in [0.29, 0.717) is 5.69 Å². The van der Waals surface area contributed by atoms with Crippen LogP contribution >= 0.6 is 0 Å². The van der Waals surface area contributed by atoms with Crippen LogP contribution in [-0.4, -0.2) is 10.6 Å². The molecule has 5 rings (SSSR count). The average molecular weight is 373 g/mol. The van der Waals surface area contributed by atoms with Gasteiger partial charge in [-0.25, -0.2) is 0 Å². The average Bonchev–Trinajstić information content (AvgIpc) is 3.15. The summed E-state index contributed by atoms with van der Waals surface area (Å²) < 4.78 is 0. The smallest absolute Gasteiger partial charge is 0.269 e. The van der Waals surface area contributed by atoms with Crippen molar-refractivity contribution >= 4 is 39.2 Å². The highest BCUT2D eigenvalue weighted by molar-refractivity contribution is 6.09. The molecule has 140 valence electrons. The molecule has 1 aliphatic heterocycles. The molecule has 1 saturated carbocycles. The molecular formula is C21H19N5O2. The van der Waals surface area contributed by atoms with Gasteiger partial charge < -0.3 is 10.6 Å². The zero-order valence-electron chi connectivity index (χ0n) is 15.2. The van der Waals surface area contributed by atoms with E-state index in [1.54, 1.807) is 12.1 Å². The fraction of sp³-hybridized carbons (Fsp3) is 0.238. The molecule has 3 aromatic carbocycles. The Labute approximate surface area is 161 Å². The summed E-state index contributed by atoms with van der Waals surface area (Å²) in [5.41, 5.74) is 3.60. The largest absolute Gasteiger partial charge is 0.362 e. The van der Waals surface area contributed by atoms with Crippen molar-refractivity contribution in [2.45, 2.75) is 31.3 Å². The third-order valence-electron chi connectivity index (χ3n) is 5.56. The first-order valence-corrected chi connectivity index (χ1v) is 9.42. The first kappa shape index (κ1) is 16.7. The number of hydrogen-bond acceptors (Lipinski definition) is 6. The molecule has 7 nitrogen and oxygen atoms in total. The van der Waals surface area contributed by atoms with E-state index in [2.05, 4.69) is 33.0 Å². The maximum atomic E-state index is 10.8. The molecule has 0 aromatic heterocycles. The molecule has 2 aliphatic rings. The van der Waals surface area contributed by atoms with Crippen LogP contribution in [-0.2, 0) is 0 Å². The Morgan fingerprint density at radius 1 is 0.893 bits per heavy atom. The molecule has 1 spiro atoms. The van der Waals surface area contributed by atoms with Gasteiger partial charge in [0.25, 0.3) is 5.69 Å². The van der Waals surface area contributed by atoms with Gasteiger partial charge >= 0.3 is 0 Å². The van der Waals surface area contributed by atoms with E-state index in [-0.39, 0.29) is 11.4 Å². The van der Waals surface area contributed by atoms with Crippen LogP contribution in [0.5, 0.6) is 0 Å². The predicted octanol–water partition coefficient (Wildman–Crippen LogP) is 6.27. The molecule has 7 heteroatoms. The Morgan fingerprint density at radius 2 is 1.61 bits per heavy atom. The van der Waals surface area contributed by atoms with Crippen molar-refractivity contribution in [3.63, 3.8) is 0 Å². The van der Waals surface area contributed by atoms with E-state index in [1.807, 2.05) is 18.2 Å². The Kier molecular flexibility index (Phi) is 3.75. The number of non-ortho nitro benzene ring substituents is 1. The molecule has 1 aliphatic carbocycles. The van der Waals surface area contributed by atoms with Gasteiger partial charge in [0.05, 0.1) is 16.3 Å². The van der Waals surface area contributed by atoms with Gasteiger partial charge in [-0.1, -0.05) is 12.1 Å². The third kappa shape index (κ3) is 2.76. The summed E-state index contributed by atoms with van der Waals surface area (Å²) in [6, 6.07) is 16.3. The van der Waals surface area contributed by atoms with E-state index in [0.717, 1.165) is 40.7 Å². The minimum Gasteiger partial charge on any atom is -0.362 e. The predicted molar refractivity (Wildman–Crippen MR) is 110 cm³/mol. The summed E-state index contributed by atoms with van der Waals surface area (Å²) >= 11 is 0. The van der Waals surface area contributed by atoms with Gasteiger partial charge in [-0.05, 0) is 56.0 Å². The lowest BCUT2D eigenvalue weighted by atomic mass is 9.97. The third-order valence-corrected chi connectivity index (χ3v) is 5.56. The molecule has 3 aromatic rings. The highest BCUT2D eigenvalue weighted by Crippen LogP contribution is 2.45. The molecular weight excluding hydrogens is 354 g/mol. The molecule has 0 radical (unpaired) electrons. The summed E-state index contributed by atoms with van der Waals surface area (Å²) in [6.07, 6.45) is 4.69. The van der Waals surface area contributed by atoms with Gasteiger partial charge in [0, 0.05) is 34.3 Å². The molecule has 2 N–H and O–H groups in total. The molecule has 28 heavy (non-hydrogen) atoms. The monoisotopic (exact) mass is 373 g/mol. The van der Waals surface area contributed by atoms with Gasteiger partial charge in [-0.2, -0.15) is 5.11 Å². The Bertz CT molecular complexity index is 1090. The van der Waals surface area contributed by atoms with Crippen molar-refractivity contribution in [1.29, 1.82) is 0 Å². The van der Waals surface area contributed by atoms with E-state index in [9.17, 15) is 10.1 Å². The highest BCUT2D eigenvalue weighted by atomic mass is 16.6. The number of rotatable bonds is 3. The molecule has 0 atom stereocenters. The minimum atomic E-state index is -0.426. The lowest BCUT2D eigenvalue weighted by molar-refractivity contribution is -0.384. The molecule has 0 amide bonds. The van der Waals surface area contributed by atoms with E-state index >= 15 is 0 Å². The van der Waals surface area contributed by atoms with Crippen LogP contribution in [0.4, 0.5) is 28.4 Å². The van der Waals surface area contributed by atoms with Gasteiger partial charge in [-0.15, -0.1) is 5.11 Å². The van der Waals surface area contributed by atoms with Crippen LogP contribution in [0.3, 0.4) is 0 Å². The topological polar surface area (TPSA) is 91.9 Å².